The molecule has 5 heteroatoms. The molecular weight excluding hydrogens is 318 g/mol. The zero-order valence-electron chi connectivity index (χ0n) is 14.5. The number of rotatable bonds is 3. The van der Waals surface area contributed by atoms with Gasteiger partial charge in [0.15, 0.2) is 5.13 Å². The van der Waals surface area contributed by atoms with E-state index in [0.717, 1.165) is 42.6 Å². The monoisotopic (exact) mass is 341 g/mol. The number of aromatic nitrogens is 1. The van der Waals surface area contributed by atoms with Crippen LogP contribution in [0, 0.1) is 13.8 Å². The van der Waals surface area contributed by atoms with Crippen molar-refractivity contribution in [2.24, 2.45) is 0 Å². The molecule has 2 heterocycles. The van der Waals surface area contributed by atoms with Crippen molar-refractivity contribution in [2.45, 2.75) is 20.8 Å². The Kier molecular flexibility index (Phi) is 5.00. The van der Waals surface area contributed by atoms with Gasteiger partial charge in [-0.2, -0.15) is 0 Å². The number of benzene rings is 1. The van der Waals surface area contributed by atoms with E-state index in [9.17, 15) is 4.79 Å². The Morgan fingerprint density at radius 2 is 1.67 bits per heavy atom. The Morgan fingerprint density at radius 3 is 2.29 bits per heavy atom. The second-order valence-corrected chi connectivity index (χ2v) is 7.04. The van der Waals surface area contributed by atoms with Crippen LogP contribution in [0.25, 0.3) is 6.08 Å². The zero-order chi connectivity index (χ0) is 17.1. The fraction of sp³-hybridized carbons (Fsp3) is 0.368. The summed E-state index contributed by atoms with van der Waals surface area (Å²) in [5.41, 5.74) is 4.07. The topological polar surface area (TPSA) is 36.4 Å². The van der Waals surface area contributed by atoms with Crippen LogP contribution in [-0.2, 0) is 0 Å². The fourth-order valence-corrected chi connectivity index (χ4v) is 3.72. The highest BCUT2D eigenvalue weighted by atomic mass is 32.1. The molecule has 0 saturated carbocycles. The molecule has 1 aromatic heterocycles. The summed E-state index contributed by atoms with van der Waals surface area (Å²) in [5.74, 6) is 0. The summed E-state index contributed by atoms with van der Waals surface area (Å²) >= 11 is 1.26. The van der Waals surface area contributed by atoms with Crippen LogP contribution in [0.4, 0.5) is 10.8 Å². The molecule has 1 aliphatic rings. The molecule has 0 N–H and O–H groups in total. The smallest absolute Gasteiger partial charge is 0.240 e. The van der Waals surface area contributed by atoms with Gasteiger partial charge in [0.05, 0.1) is 5.69 Å². The van der Waals surface area contributed by atoms with Gasteiger partial charge in [-0.05, 0) is 39.0 Å². The molecule has 1 saturated heterocycles. The quantitative estimate of drug-likeness (QED) is 0.856. The third kappa shape index (κ3) is 3.51. The van der Waals surface area contributed by atoms with Gasteiger partial charge in [-0.15, -0.1) is 0 Å². The maximum atomic E-state index is 12.2. The minimum atomic E-state index is 0.106. The van der Waals surface area contributed by atoms with Crippen LogP contribution in [0.3, 0.4) is 0 Å². The van der Waals surface area contributed by atoms with E-state index in [0.29, 0.717) is 0 Å². The van der Waals surface area contributed by atoms with Crippen molar-refractivity contribution in [2.75, 3.05) is 36.0 Å². The first kappa shape index (κ1) is 16.7. The predicted molar refractivity (Wildman–Crippen MR) is 103 cm³/mol. The van der Waals surface area contributed by atoms with Crippen molar-refractivity contribution in [3.05, 3.63) is 56.7 Å². The number of aryl methyl sites for hydroxylation is 1. The second-order valence-electron chi connectivity index (χ2n) is 6.10. The molecule has 1 aliphatic heterocycles. The molecule has 126 valence electrons. The van der Waals surface area contributed by atoms with Crippen molar-refractivity contribution < 1.29 is 0 Å². The molecule has 0 atom stereocenters. The van der Waals surface area contributed by atoms with Crippen molar-refractivity contribution in [1.29, 1.82) is 0 Å². The molecule has 4 nitrogen and oxygen atoms in total. The van der Waals surface area contributed by atoms with Gasteiger partial charge in [0.1, 0.15) is 0 Å². The largest absolute Gasteiger partial charge is 0.368 e. The van der Waals surface area contributed by atoms with Gasteiger partial charge >= 0.3 is 0 Å². The van der Waals surface area contributed by atoms with Gasteiger partial charge in [0.2, 0.25) is 4.74 Å². The lowest BCUT2D eigenvalue weighted by Crippen LogP contribution is -2.46. The summed E-state index contributed by atoms with van der Waals surface area (Å²) < 4.78 is 0.106. The maximum absolute atomic E-state index is 12.2. The molecule has 1 fully saturated rings. The van der Waals surface area contributed by atoms with Crippen molar-refractivity contribution in [3.8, 4) is 0 Å². The van der Waals surface area contributed by atoms with E-state index in [1.165, 1.54) is 22.6 Å². The average Bonchev–Trinajstić information content (AvgIpc) is 2.60. The molecule has 24 heavy (non-hydrogen) atoms. The van der Waals surface area contributed by atoms with E-state index in [4.69, 9.17) is 4.98 Å². The normalized spacial score (nSPS) is 15.3. The van der Waals surface area contributed by atoms with E-state index >= 15 is 0 Å². The third-order valence-corrected chi connectivity index (χ3v) is 5.39. The summed E-state index contributed by atoms with van der Waals surface area (Å²) in [6.45, 7) is 9.55. The molecule has 1 aromatic carbocycles. The van der Waals surface area contributed by atoms with E-state index in [-0.39, 0.29) is 4.74 Å². The minimum Gasteiger partial charge on any atom is -0.368 e. The van der Waals surface area contributed by atoms with Crippen LogP contribution in [0.2, 0.25) is 0 Å². The Morgan fingerprint density at radius 1 is 1.04 bits per heavy atom. The van der Waals surface area contributed by atoms with Crippen LogP contribution in [-0.4, -0.2) is 31.2 Å². The predicted octanol–water partition coefficient (Wildman–Crippen LogP) is 3.48. The van der Waals surface area contributed by atoms with E-state index in [2.05, 4.69) is 41.0 Å². The first-order valence-electron chi connectivity index (χ1n) is 8.29. The van der Waals surface area contributed by atoms with Gasteiger partial charge in [-0.1, -0.05) is 35.1 Å². The standard InChI is InChI=1S/C19H23N3OS/c1-4-5-17-15(3)18(23)24-19(20-17)22-12-10-21(11-13-22)16-8-6-14(2)7-9-16/h4-9H,10-13H2,1-3H3/b5-4-. The lowest BCUT2D eigenvalue weighted by atomic mass is 10.2. The number of anilines is 2. The van der Waals surface area contributed by atoms with Gasteiger partial charge in [-0.3, -0.25) is 4.79 Å². The third-order valence-electron chi connectivity index (χ3n) is 4.36. The fourth-order valence-electron chi connectivity index (χ4n) is 2.84. The number of hydrogen-bond acceptors (Lipinski definition) is 5. The Labute approximate surface area is 147 Å². The molecule has 0 bridgehead atoms. The van der Waals surface area contributed by atoms with Gasteiger partial charge in [0.25, 0.3) is 0 Å². The Bertz CT molecular complexity index is 787. The van der Waals surface area contributed by atoms with Crippen LogP contribution in [0.1, 0.15) is 23.7 Å². The van der Waals surface area contributed by atoms with Gasteiger partial charge < -0.3 is 9.80 Å². The Hall–Kier alpha value is -2.14. The SMILES string of the molecule is C/C=C\c1nc(N2CCN(c3ccc(C)cc3)CC2)sc(=O)c1C. The average molecular weight is 341 g/mol. The van der Waals surface area contributed by atoms with E-state index in [1.807, 2.05) is 26.0 Å². The lowest BCUT2D eigenvalue weighted by Gasteiger charge is -2.36. The summed E-state index contributed by atoms with van der Waals surface area (Å²) in [5, 5.41) is 0.835. The van der Waals surface area contributed by atoms with Crippen LogP contribution < -0.4 is 14.5 Å². The molecule has 0 amide bonds. The number of nitrogens with zero attached hydrogens (tertiary/aromatic N) is 3. The summed E-state index contributed by atoms with van der Waals surface area (Å²) in [6, 6.07) is 8.66. The molecular formula is C19H23N3OS. The van der Waals surface area contributed by atoms with Crippen LogP contribution in [0.5, 0.6) is 0 Å². The summed E-state index contributed by atoms with van der Waals surface area (Å²) in [4.78, 5) is 21.5. The zero-order valence-corrected chi connectivity index (χ0v) is 15.3. The van der Waals surface area contributed by atoms with Crippen molar-refractivity contribution in [1.82, 2.24) is 4.98 Å². The van der Waals surface area contributed by atoms with Crippen molar-refractivity contribution in [3.63, 3.8) is 0 Å². The first-order valence-corrected chi connectivity index (χ1v) is 9.11. The van der Waals surface area contributed by atoms with Crippen LogP contribution >= 0.6 is 11.3 Å². The number of piperazine rings is 1. The summed E-state index contributed by atoms with van der Waals surface area (Å²) in [7, 11) is 0. The van der Waals surface area contributed by atoms with Crippen LogP contribution in [0.15, 0.2) is 35.1 Å². The molecule has 3 rings (SSSR count). The highest BCUT2D eigenvalue weighted by Crippen LogP contribution is 2.22. The summed E-state index contributed by atoms with van der Waals surface area (Å²) in [6.07, 6.45) is 3.84. The molecule has 0 radical (unpaired) electrons. The molecule has 0 spiro atoms. The maximum Gasteiger partial charge on any atom is 0.240 e. The Balaban J connectivity index is 1.75. The highest BCUT2D eigenvalue weighted by Gasteiger charge is 2.20. The van der Waals surface area contributed by atoms with Gasteiger partial charge in [-0.25, -0.2) is 4.98 Å². The minimum absolute atomic E-state index is 0.106. The highest BCUT2D eigenvalue weighted by molar-refractivity contribution is 7.13. The molecule has 0 aliphatic carbocycles. The first-order chi connectivity index (χ1) is 11.6. The number of allylic oxidation sites excluding steroid dienone is 1. The molecule has 2 aromatic rings. The van der Waals surface area contributed by atoms with Crippen molar-refractivity contribution >= 4 is 28.2 Å². The second kappa shape index (κ2) is 7.18. The lowest BCUT2D eigenvalue weighted by molar-refractivity contribution is 0.651. The number of hydrogen-bond donors (Lipinski definition) is 0. The van der Waals surface area contributed by atoms with E-state index in [1.54, 1.807) is 0 Å². The molecule has 0 unspecified atom stereocenters. The van der Waals surface area contributed by atoms with E-state index < -0.39 is 0 Å². The van der Waals surface area contributed by atoms with Gasteiger partial charge in [0, 0.05) is 37.4 Å².